The van der Waals surface area contributed by atoms with Crippen molar-refractivity contribution in [3.63, 3.8) is 0 Å². The molecule has 2 atom stereocenters. The van der Waals surface area contributed by atoms with Crippen LogP contribution in [-0.2, 0) is 0 Å². The molecule has 0 radical (unpaired) electrons. The molecule has 4 heteroatoms. The van der Waals surface area contributed by atoms with Crippen LogP contribution in [0.4, 0.5) is 11.4 Å². The second kappa shape index (κ2) is 6.37. The molecule has 1 amide bonds. The van der Waals surface area contributed by atoms with Gasteiger partial charge >= 0.3 is 0 Å². The number of hydrogen-bond donors (Lipinski definition) is 3. The highest BCUT2D eigenvalue weighted by Crippen LogP contribution is 2.28. The van der Waals surface area contributed by atoms with Crippen molar-refractivity contribution < 1.29 is 4.79 Å². The van der Waals surface area contributed by atoms with Gasteiger partial charge in [-0.15, -0.1) is 0 Å². The quantitative estimate of drug-likeness (QED) is 0.800. The smallest absolute Gasteiger partial charge is 0.251 e. The van der Waals surface area contributed by atoms with Gasteiger partial charge in [0, 0.05) is 24.7 Å². The van der Waals surface area contributed by atoms with E-state index in [4.69, 9.17) is 0 Å². The lowest BCUT2D eigenvalue weighted by atomic mass is 9.83. The molecule has 0 aromatic heterocycles. The second-order valence-electron chi connectivity index (χ2n) is 6.15. The Bertz CT molecular complexity index is 515. The summed E-state index contributed by atoms with van der Waals surface area (Å²) >= 11 is 0. The summed E-state index contributed by atoms with van der Waals surface area (Å²) in [7, 11) is 0. The molecule has 3 rings (SSSR count). The summed E-state index contributed by atoms with van der Waals surface area (Å²) in [4.78, 5) is 12.5. The van der Waals surface area contributed by atoms with Crippen molar-refractivity contribution in [2.24, 2.45) is 5.92 Å². The molecule has 1 aromatic rings. The third kappa shape index (κ3) is 3.14. The Hall–Kier alpha value is -1.71. The van der Waals surface area contributed by atoms with Gasteiger partial charge in [-0.3, -0.25) is 4.79 Å². The van der Waals surface area contributed by atoms with E-state index in [1.54, 1.807) is 0 Å². The zero-order valence-electron chi connectivity index (χ0n) is 12.7. The van der Waals surface area contributed by atoms with Gasteiger partial charge in [-0.2, -0.15) is 0 Å². The van der Waals surface area contributed by atoms with Gasteiger partial charge in [0.05, 0.1) is 11.4 Å². The van der Waals surface area contributed by atoms with Gasteiger partial charge < -0.3 is 16.0 Å². The van der Waals surface area contributed by atoms with Crippen LogP contribution >= 0.6 is 0 Å². The van der Waals surface area contributed by atoms with E-state index in [1.165, 1.54) is 19.3 Å². The van der Waals surface area contributed by atoms with Crippen LogP contribution < -0.4 is 16.0 Å². The van der Waals surface area contributed by atoms with E-state index in [-0.39, 0.29) is 5.91 Å². The fourth-order valence-corrected chi connectivity index (χ4v) is 3.52. The van der Waals surface area contributed by atoms with Crippen LogP contribution in [0.5, 0.6) is 0 Å². The maximum atomic E-state index is 12.5. The Morgan fingerprint density at radius 1 is 1.19 bits per heavy atom. The first kappa shape index (κ1) is 14.2. The number of benzene rings is 1. The molecular formula is C17H25N3O. The van der Waals surface area contributed by atoms with Crippen molar-refractivity contribution in [1.29, 1.82) is 0 Å². The Kier molecular flexibility index (Phi) is 4.32. The Morgan fingerprint density at radius 3 is 2.76 bits per heavy atom. The maximum Gasteiger partial charge on any atom is 0.251 e. The number of fused-ring (bicyclic) bond motifs is 1. The lowest BCUT2D eigenvalue weighted by molar-refractivity contribution is 0.0905. The fraction of sp³-hybridized carbons (Fsp3) is 0.588. The summed E-state index contributed by atoms with van der Waals surface area (Å²) in [6, 6.07) is 6.21. The van der Waals surface area contributed by atoms with Gasteiger partial charge in [-0.1, -0.05) is 26.2 Å². The van der Waals surface area contributed by atoms with Crippen LogP contribution in [0.1, 0.15) is 49.4 Å². The fourth-order valence-electron chi connectivity index (χ4n) is 3.52. The van der Waals surface area contributed by atoms with Crippen LogP contribution in [0.15, 0.2) is 18.2 Å². The largest absolute Gasteiger partial charge is 0.382 e. The van der Waals surface area contributed by atoms with Crippen molar-refractivity contribution in [3.05, 3.63) is 23.8 Å². The summed E-state index contributed by atoms with van der Waals surface area (Å²) in [5.41, 5.74) is 2.87. The number of rotatable bonds is 3. The molecule has 0 saturated heterocycles. The van der Waals surface area contributed by atoms with Crippen molar-refractivity contribution >= 4 is 17.3 Å². The van der Waals surface area contributed by atoms with Crippen molar-refractivity contribution in [2.75, 3.05) is 23.7 Å². The number of nitrogens with one attached hydrogen (secondary N) is 3. The topological polar surface area (TPSA) is 53.2 Å². The monoisotopic (exact) mass is 287 g/mol. The third-order valence-corrected chi connectivity index (χ3v) is 4.79. The van der Waals surface area contributed by atoms with Gasteiger partial charge in [0.15, 0.2) is 0 Å². The second-order valence-corrected chi connectivity index (χ2v) is 6.15. The van der Waals surface area contributed by atoms with E-state index < -0.39 is 0 Å². The van der Waals surface area contributed by atoms with Gasteiger partial charge in [-0.25, -0.2) is 0 Å². The average Bonchev–Trinajstić information content (AvgIpc) is 2.55. The van der Waals surface area contributed by atoms with Crippen molar-refractivity contribution in [3.8, 4) is 0 Å². The maximum absolute atomic E-state index is 12.5. The van der Waals surface area contributed by atoms with E-state index in [0.29, 0.717) is 12.0 Å². The predicted molar refractivity (Wildman–Crippen MR) is 86.9 cm³/mol. The minimum atomic E-state index is 0.0653. The number of carbonyl (C=O) groups excluding carboxylic acids is 1. The molecule has 21 heavy (non-hydrogen) atoms. The molecule has 1 fully saturated rings. The number of carbonyl (C=O) groups is 1. The summed E-state index contributed by atoms with van der Waals surface area (Å²) < 4.78 is 0. The van der Waals surface area contributed by atoms with Crippen LogP contribution in [0.2, 0.25) is 0 Å². The molecule has 1 aliphatic carbocycles. The highest BCUT2D eigenvalue weighted by Gasteiger charge is 2.25. The molecule has 1 aromatic carbocycles. The van der Waals surface area contributed by atoms with Gasteiger partial charge in [0.1, 0.15) is 0 Å². The standard InChI is InChI=1S/C17H25N3O/c1-2-12-5-3-4-6-14(12)20-17(21)13-7-8-15-16(11-13)19-10-9-18-15/h7-8,11-12,14,18-19H,2-6,9-10H2,1H3,(H,20,21). The summed E-state index contributed by atoms with van der Waals surface area (Å²) in [5.74, 6) is 0.704. The highest BCUT2D eigenvalue weighted by molar-refractivity contribution is 5.96. The Labute approximate surface area is 126 Å². The first-order chi connectivity index (χ1) is 10.3. The third-order valence-electron chi connectivity index (χ3n) is 4.79. The molecule has 114 valence electrons. The number of anilines is 2. The molecular weight excluding hydrogens is 262 g/mol. The minimum Gasteiger partial charge on any atom is -0.382 e. The van der Waals surface area contributed by atoms with Crippen LogP contribution in [0, 0.1) is 5.92 Å². The molecule has 3 N–H and O–H groups in total. The van der Waals surface area contributed by atoms with Crippen LogP contribution in [0.25, 0.3) is 0 Å². The molecule has 0 spiro atoms. The first-order valence-corrected chi connectivity index (χ1v) is 8.20. The minimum absolute atomic E-state index is 0.0653. The predicted octanol–water partition coefficient (Wildman–Crippen LogP) is 3.22. The number of amides is 1. The van der Waals surface area contributed by atoms with E-state index in [2.05, 4.69) is 22.9 Å². The normalized spacial score (nSPS) is 24.4. The lowest BCUT2D eigenvalue weighted by Gasteiger charge is -2.31. The summed E-state index contributed by atoms with van der Waals surface area (Å²) in [5, 5.41) is 9.93. The summed E-state index contributed by atoms with van der Waals surface area (Å²) in [6.07, 6.45) is 6.06. The number of hydrogen-bond acceptors (Lipinski definition) is 3. The van der Waals surface area contributed by atoms with Crippen LogP contribution in [0.3, 0.4) is 0 Å². The van der Waals surface area contributed by atoms with Gasteiger partial charge in [0.25, 0.3) is 5.91 Å². The van der Waals surface area contributed by atoms with E-state index in [0.717, 1.165) is 42.9 Å². The zero-order valence-corrected chi connectivity index (χ0v) is 12.7. The molecule has 1 heterocycles. The van der Waals surface area contributed by atoms with E-state index in [1.807, 2.05) is 18.2 Å². The average molecular weight is 287 g/mol. The van der Waals surface area contributed by atoms with E-state index in [9.17, 15) is 4.79 Å². The zero-order chi connectivity index (χ0) is 14.7. The van der Waals surface area contributed by atoms with Crippen LogP contribution in [-0.4, -0.2) is 25.0 Å². The first-order valence-electron chi connectivity index (χ1n) is 8.20. The SMILES string of the molecule is CCC1CCCCC1NC(=O)c1ccc2c(c1)NCCN2. The van der Waals surface area contributed by atoms with Crippen molar-refractivity contribution in [1.82, 2.24) is 5.32 Å². The Morgan fingerprint density at radius 2 is 1.95 bits per heavy atom. The molecule has 0 bridgehead atoms. The molecule has 2 unspecified atom stereocenters. The van der Waals surface area contributed by atoms with Gasteiger partial charge in [-0.05, 0) is 37.0 Å². The molecule has 4 nitrogen and oxygen atoms in total. The lowest BCUT2D eigenvalue weighted by Crippen LogP contribution is -2.42. The molecule has 1 saturated carbocycles. The summed E-state index contributed by atoms with van der Waals surface area (Å²) in [6.45, 7) is 4.06. The molecule has 2 aliphatic rings. The highest BCUT2D eigenvalue weighted by atomic mass is 16.1. The molecule has 1 aliphatic heterocycles. The van der Waals surface area contributed by atoms with Crippen molar-refractivity contribution in [2.45, 2.75) is 45.1 Å². The van der Waals surface area contributed by atoms with E-state index >= 15 is 0 Å². The Balaban J connectivity index is 1.70. The van der Waals surface area contributed by atoms with Gasteiger partial charge in [0.2, 0.25) is 0 Å².